The predicted octanol–water partition coefficient (Wildman–Crippen LogP) is 0.680. The molecule has 7 heteroatoms. The second-order valence-corrected chi connectivity index (χ2v) is 7.44. The molecule has 0 spiro atoms. The molecule has 0 atom stereocenters. The molecule has 0 heterocycles. The largest absolute Gasteiger partial charge is 0.395 e. The van der Waals surface area contributed by atoms with Crippen molar-refractivity contribution < 1.29 is 27.3 Å². The van der Waals surface area contributed by atoms with Gasteiger partial charge in [-0.3, -0.25) is 13.8 Å². The third-order valence-electron chi connectivity index (χ3n) is 4.05. The van der Waals surface area contributed by atoms with E-state index in [2.05, 4.69) is 4.18 Å². The van der Waals surface area contributed by atoms with E-state index in [0.717, 1.165) is 31.9 Å². The van der Waals surface area contributed by atoms with E-state index in [1.54, 1.807) is 6.92 Å². The molecule has 0 bridgehead atoms. The van der Waals surface area contributed by atoms with E-state index in [1.807, 2.05) is 0 Å². The van der Waals surface area contributed by atoms with Crippen LogP contribution in [0.2, 0.25) is 0 Å². The van der Waals surface area contributed by atoms with Crippen molar-refractivity contribution in [2.75, 3.05) is 19.5 Å². The molecule has 116 valence electrons. The maximum absolute atomic E-state index is 11.0. The second-order valence-electron chi connectivity index (χ2n) is 5.80. The van der Waals surface area contributed by atoms with E-state index in [9.17, 15) is 18.0 Å². The van der Waals surface area contributed by atoms with Crippen molar-refractivity contribution in [3.8, 4) is 0 Å². The lowest BCUT2D eigenvalue weighted by atomic mass is 10.0. The molecule has 0 aliphatic heterocycles. The summed E-state index contributed by atoms with van der Waals surface area (Å²) in [4.78, 5) is 21.6. The number of ketones is 2. The van der Waals surface area contributed by atoms with Gasteiger partial charge in [0, 0.05) is 0 Å². The number of aliphatic hydroxyl groups is 1. The highest BCUT2D eigenvalue weighted by Crippen LogP contribution is 2.47. The minimum atomic E-state index is -3.40. The highest BCUT2D eigenvalue weighted by atomic mass is 32.2. The first-order valence-electron chi connectivity index (χ1n) is 6.54. The normalized spacial score (nSPS) is 21.4. The molecule has 0 unspecified atom stereocenters. The van der Waals surface area contributed by atoms with Gasteiger partial charge in [-0.25, -0.2) is 0 Å². The minimum absolute atomic E-state index is 0.0150. The van der Waals surface area contributed by atoms with Crippen LogP contribution in [0, 0.1) is 10.8 Å². The maximum Gasteiger partial charge on any atom is 0.264 e. The Hall–Kier alpha value is -0.790. The summed E-state index contributed by atoms with van der Waals surface area (Å²) in [6.07, 6.45) is 4.26. The monoisotopic (exact) mass is 306 g/mol. The van der Waals surface area contributed by atoms with Crippen molar-refractivity contribution in [1.82, 2.24) is 0 Å². The van der Waals surface area contributed by atoms with Gasteiger partial charge in [-0.1, -0.05) is 0 Å². The molecule has 0 amide bonds. The van der Waals surface area contributed by atoms with Crippen LogP contribution in [0.15, 0.2) is 0 Å². The fourth-order valence-corrected chi connectivity index (χ4v) is 2.18. The third kappa shape index (κ3) is 4.64. The van der Waals surface area contributed by atoms with Gasteiger partial charge in [-0.05, 0) is 39.5 Å². The number of carbonyl (C=O) groups excluding carboxylic acids is 2. The molecule has 0 aromatic heterocycles. The molecule has 2 saturated carbocycles. The van der Waals surface area contributed by atoms with Crippen molar-refractivity contribution in [3.63, 3.8) is 0 Å². The third-order valence-corrected chi connectivity index (χ3v) is 4.60. The summed E-state index contributed by atoms with van der Waals surface area (Å²) in [6.45, 7) is 3.07. The Bertz CT molecular complexity index is 485. The number of Topliss-reactive ketones (excluding diaryl/α,β-unsaturated/α-hetero) is 2. The van der Waals surface area contributed by atoms with Crippen molar-refractivity contribution >= 4 is 21.7 Å². The van der Waals surface area contributed by atoms with Gasteiger partial charge in [0.2, 0.25) is 0 Å². The van der Waals surface area contributed by atoms with Gasteiger partial charge in [-0.15, -0.1) is 0 Å². The van der Waals surface area contributed by atoms with Crippen LogP contribution in [-0.2, 0) is 23.9 Å². The van der Waals surface area contributed by atoms with E-state index < -0.39 is 15.5 Å². The van der Waals surface area contributed by atoms with Crippen LogP contribution in [0.5, 0.6) is 0 Å². The fourth-order valence-electron chi connectivity index (χ4n) is 1.74. The van der Waals surface area contributed by atoms with Crippen LogP contribution < -0.4 is 0 Å². The highest BCUT2D eigenvalue weighted by Gasteiger charge is 2.48. The van der Waals surface area contributed by atoms with Crippen molar-refractivity contribution in [3.05, 3.63) is 0 Å². The minimum Gasteiger partial charge on any atom is -0.395 e. The highest BCUT2D eigenvalue weighted by molar-refractivity contribution is 7.85. The lowest BCUT2D eigenvalue weighted by Gasteiger charge is -2.09. The Morgan fingerprint density at radius 3 is 1.60 bits per heavy atom. The average Bonchev–Trinajstić information content (AvgIpc) is 3.21. The van der Waals surface area contributed by atoms with E-state index in [0.29, 0.717) is 0 Å². The van der Waals surface area contributed by atoms with Gasteiger partial charge < -0.3 is 5.11 Å². The number of carbonyl (C=O) groups is 2. The number of hydrogen-bond acceptors (Lipinski definition) is 6. The van der Waals surface area contributed by atoms with Crippen LogP contribution >= 0.6 is 0 Å². The van der Waals surface area contributed by atoms with Gasteiger partial charge in [-0.2, -0.15) is 8.42 Å². The lowest BCUT2D eigenvalue weighted by Crippen LogP contribution is -2.21. The summed E-state index contributed by atoms with van der Waals surface area (Å²) >= 11 is 0. The molecule has 2 fully saturated rings. The first-order valence-corrected chi connectivity index (χ1v) is 8.36. The number of aliphatic hydroxyl groups excluding tert-OH is 1. The van der Waals surface area contributed by atoms with Crippen LogP contribution in [0.3, 0.4) is 0 Å². The summed E-state index contributed by atoms with van der Waals surface area (Å²) in [5.41, 5.74) is -0.775. The SMILES string of the molecule is CC(=O)C1(CO)CC1.CC(=O)C1(COS(C)(=O)=O)CC1. The summed E-state index contributed by atoms with van der Waals surface area (Å²) in [6, 6.07) is 0. The molecule has 0 aromatic carbocycles. The molecule has 0 aromatic rings. The van der Waals surface area contributed by atoms with Crippen LogP contribution in [0.1, 0.15) is 39.5 Å². The first-order chi connectivity index (χ1) is 9.07. The molecule has 2 aliphatic rings. The lowest BCUT2D eigenvalue weighted by molar-refractivity contribution is -0.124. The topological polar surface area (TPSA) is 97.7 Å². The summed E-state index contributed by atoms with van der Waals surface area (Å²) in [5.74, 6) is 0.158. The van der Waals surface area contributed by atoms with Crippen LogP contribution in [0.25, 0.3) is 0 Å². The van der Waals surface area contributed by atoms with Gasteiger partial charge in [0.15, 0.2) is 0 Å². The van der Waals surface area contributed by atoms with E-state index >= 15 is 0 Å². The molecule has 0 saturated heterocycles. The maximum atomic E-state index is 11.0. The molecule has 0 radical (unpaired) electrons. The van der Waals surface area contributed by atoms with Crippen LogP contribution in [0.4, 0.5) is 0 Å². The molecule has 20 heavy (non-hydrogen) atoms. The van der Waals surface area contributed by atoms with Gasteiger partial charge in [0.1, 0.15) is 11.6 Å². The Kier molecular flexibility index (Phi) is 5.10. The summed E-state index contributed by atoms with van der Waals surface area (Å²) in [7, 11) is -3.40. The molecular weight excluding hydrogens is 284 g/mol. The van der Waals surface area contributed by atoms with Gasteiger partial charge in [0.05, 0.1) is 30.3 Å². The molecule has 2 aliphatic carbocycles. The van der Waals surface area contributed by atoms with Gasteiger partial charge >= 0.3 is 0 Å². The predicted molar refractivity (Wildman–Crippen MR) is 72.6 cm³/mol. The average molecular weight is 306 g/mol. The molecular formula is C13H22O6S. The Labute approximate surface area is 119 Å². The number of rotatable bonds is 6. The second kappa shape index (κ2) is 5.91. The zero-order chi connectivity index (χ0) is 15.6. The van der Waals surface area contributed by atoms with E-state index in [-0.39, 0.29) is 30.2 Å². The van der Waals surface area contributed by atoms with E-state index in [4.69, 9.17) is 5.11 Å². The van der Waals surface area contributed by atoms with Crippen molar-refractivity contribution in [2.45, 2.75) is 39.5 Å². The van der Waals surface area contributed by atoms with Crippen molar-refractivity contribution in [2.24, 2.45) is 10.8 Å². The summed E-state index contributed by atoms with van der Waals surface area (Å²) in [5, 5.41) is 8.61. The summed E-state index contributed by atoms with van der Waals surface area (Å²) < 4.78 is 25.8. The first kappa shape index (κ1) is 17.3. The molecule has 2 rings (SSSR count). The van der Waals surface area contributed by atoms with Crippen LogP contribution in [-0.4, -0.2) is 44.6 Å². The van der Waals surface area contributed by atoms with Crippen molar-refractivity contribution in [1.29, 1.82) is 0 Å². The smallest absolute Gasteiger partial charge is 0.264 e. The zero-order valence-corrected chi connectivity index (χ0v) is 13.0. The molecule has 6 nitrogen and oxygen atoms in total. The Balaban J connectivity index is 0.000000217. The fraction of sp³-hybridized carbons (Fsp3) is 0.846. The zero-order valence-electron chi connectivity index (χ0n) is 12.1. The van der Waals surface area contributed by atoms with E-state index in [1.165, 1.54) is 6.92 Å². The quantitative estimate of drug-likeness (QED) is 0.725. The standard InChI is InChI=1S/C7H12O4S.C6H10O2/c1-6(8)7(3-4-7)5-11-12(2,9)10;1-5(8)6(4-7)2-3-6/h3-5H2,1-2H3;7H,2-4H2,1H3. The molecule has 1 N–H and O–H groups in total. The Morgan fingerprint density at radius 2 is 1.45 bits per heavy atom. The Morgan fingerprint density at radius 1 is 1.05 bits per heavy atom. The van der Waals surface area contributed by atoms with Gasteiger partial charge in [0.25, 0.3) is 10.1 Å². The number of hydrogen-bond donors (Lipinski definition) is 1.